The molecule has 0 aromatic rings. The van der Waals surface area contributed by atoms with Crippen LogP contribution < -0.4 is 5.32 Å². The van der Waals surface area contributed by atoms with E-state index in [9.17, 15) is 4.79 Å². The predicted molar refractivity (Wildman–Crippen MR) is 62.9 cm³/mol. The van der Waals surface area contributed by atoms with E-state index in [0.717, 1.165) is 6.54 Å². The van der Waals surface area contributed by atoms with Gasteiger partial charge in [-0.25, -0.2) is 0 Å². The van der Waals surface area contributed by atoms with Crippen molar-refractivity contribution < 1.29 is 9.53 Å². The summed E-state index contributed by atoms with van der Waals surface area (Å²) in [6.45, 7) is 7.43. The third-order valence-electron chi connectivity index (χ3n) is 2.34. The second kappa shape index (κ2) is 9.97. The van der Waals surface area contributed by atoms with Gasteiger partial charge in [-0.1, -0.05) is 26.7 Å². The molecule has 1 N–H and O–H groups in total. The molecule has 0 bridgehead atoms. The Bertz CT molecular complexity index is 154. The third-order valence-corrected chi connectivity index (χ3v) is 2.34. The molecular formula is C12H25NO2. The molecule has 3 nitrogen and oxygen atoms in total. The highest BCUT2D eigenvalue weighted by Crippen LogP contribution is 2.04. The zero-order valence-electron chi connectivity index (χ0n) is 10.3. The molecule has 0 aliphatic rings. The average molecular weight is 215 g/mol. The van der Waals surface area contributed by atoms with Crippen LogP contribution >= 0.6 is 0 Å². The second-order valence-electron chi connectivity index (χ2n) is 3.78. The van der Waals surface area contributed by atoms with Crippen molar-refractivity contribution >= 4 is 5.97 Å². The number of esters is 1. The lowest BCUT2D eigenvalue weighted by Crippen LogP contribution is -2.31. The quantitative estimate of drug-likeness (QED) is 0.601. The number of carbonyl (C=O) groups excluding carboxylic acids is 1. The standard InChI is InChI=1S/C12H25NO2/c1-4-7-11(8-5-2)13-10-9-12(14)15-6-3/h11,13H,4-10H2,1-3H3. The van der Waals surface area contributed by atoms with Crippen LogP contribution in [-0.4, -0.2) is 25.2 Å². The van der Waals surface area contributed by atoms with Gasteiger partial charge in [0, 0.05) is 12.6 Å². The third kappa shape index (κ3) is 8.43. The Morgan fingerprint density at radius 1 is 1.20 bits per heavy atom. The largest absolute Gasteiger partial charge is 0.466 e. The van der Waals surface area contributed by atoms with Gasteiger partial charge in [0.2, 0.25) is 0 Å². The summed E-state index contributed by atoms with van der Waals surface area (Å²) in [5.41, 5.74) is 0. The molecule has 90 valence electrons. The highest BCUT2D eigenvalue weighted by atomic mass is 16.5. The van der Waals surface area contributed by atoms with E-state index in [0.29, 0.717) is 19.1 Å². The summed E-state index contributed by atoms with van der Waals surface area (Å²) < 4.78 is 4.86. The minimum absolute atomic E-state index is 0.100. The zero-order valence-corrected chi connectivity index (χ0v) is 10.3. The molecule has 0 saturated heterocycles. The Balaban J connectivity index is 3.55. The predicted octanol–water partition coefficient (Wildman–Crippen LogP) is 2.50. The first-order chi connectivity index (χ1) is 7.24. The van der Waals surface area contributed by atoms with Crippen molar-refractivity contribution in [2.75, 3.05) is 13.2 Å². The van der Waals surface area contributed by atoms with Crippen LogP contribution in [0.2, 0.25) is 0 Å². The Labute approximate surface area is 93.6 Å². The fourth-order valence-electron chi connectivity index (χ4n) is 1.66. The van der Waals surface area contributed by atoms with Crippen molar-refractivity contribution in [2.24, 2.45) is 0 Å². The van der Waals surface area contributed by atoms with Gasteiger partial charge in [-0.15, -0.1) is 0 Å². The number of ether oxygens (including phenoxy) is 1. The van der Waals surface area contributed by atoms with E-state index in [1.807, 2.05) is 6.92 Å². The second-order valence-corrected chi connectivity index (χ2v) is 3.78. The average Bonchev–Trinajstić information content (AvgIpc) is 2.19. The first-order valence-electron chi connectivity index (χ1n) is 6.13. The van der Waals surface area contributed by atoms with Gasteiger partial charge in [0.15, 0.2) is 0 Å². The first kappa shape index (κ1) is 14.4. The van der Waals surface area contributed by atoms with E-state index in [4.69, 9.17) is 4.74 Å². The zero-order chi connectivity index (χ0) is 11.5. The number of hydrogen-bond acceptors (Lipinski definition) is 3. The van der Waals surface area contributed by atoms with Crippen molar-refractivity contribution in [2.45, 2.75) is 58.9 Å². The van der Waals surface area contributed by atoms with Crippen molar-refractivity contribution in [3.63, 3.8) is 0 Å². The van der Waals surface area contributed by atoms with Crippen LogP contribution in [0, 0.1) is 0 Å². The van der Waals surface area contributed by atoms with Gasteiger partial charge in [-0.05, 0) is 19.8 Å². The van der Waals surface area contributed by atoms with Crippen LogP contribution in [0.25, 0.3) is 0 Å². The van der Waals surface area contributed by atoms with E-state index in [1.165, 1.54) is 25.7 Å². The van der Waals surface area contributed by atoms with Gasteiger partial charge >= 0.3 is 5.97 Å². The molecule has 0 rings (SSSR count). The van der Waals surface area contributed by atoms with Gasteiger partial charge in [-0.3, -0.25) is 4.79 Å². The van der Waals surface area contributed by atoms with Crippen LogP contribution in [0.1, 0.15) is 52.9 Å². The lowest BCUT2D eigenvalue weighted by Gasteiger charge is -2.16. The lowest BCUT2D eigenvalue weighted by atomic mass is 10.1. The van der Waals surface area contributed by atoms with Gasteiger partial charge < -0.3 is 10.1 Å². The molecule has 0 saturated carbocycles. The summed E-state index contributed by atoms with van der Waals surface area (Å²) in [6.07, 6.45) is 5.25. The first-order valence-corrected chi connectivity index (χ1v) is 6.13. The molecule has 15 heavy (non-hydrogen) atoms. The van der Waals surface area contributed by atoms with Crippen LogP contribution in [0.5, 0.6) is 0 Å². The molecule has 0 heterocycles. The maximum Gasteiger partial charge on any atom is 0.307 e. The van der Waals surface area contributed by atoms with Gasteiger partial charge in [-0.2, -0.15) is 0 Å². The van der Waals surface area contributed by atoms with E-state index < -0.39 is 0 Å². The molecule has 0 unspecified atom stereocenters. The Morgan fingerprint density at radius 2 is 1.80 bits per heavy atom. The maximum absolute atomic E-state index is 11.1. The lowest BCUT2D eigenvalue weighted by molar-refractivity contribution is -0.143. The minimum Gasteiger partial charge on any atom is -0.466 e. The van der Waals surface area contributed by atoms with Crippen LogP contribution in [0.15, 0.2) is 0 Å². The molecule has 0 amide bonds. The Morgan fingerprint density at radius 3 is 2.27 bits per heavy atom. The SMILES string of the molecule is CCCC(CCC)NCCC(=O)OCC. The highest BCUT2D eigenvalue weighted by molar-refractivity contribution is 5.69. The van der Waals surface area contributed by atoms with Crippen molar-refractivity contribution in [3.05, 3.63) is 0 Å². The minimum atomic E-state index is -0.100. The molecule has 0 aliphatic heterocycles. The smallest absolute Gasteiger partial charge is 0.307 e. The fourth-order valence-corrected chi connectivity index (χ4v) is 1.66. The van der Waals surface area contributed by atoms with Gasteiger partial charge in [0.1, 0.15) is 0 Å². The topological polar surface area (TPSA) is 38.3 Å². The normalized spacial score (nSPS) is 10.7. The van der Waals surface area contributed by atoms with E-state index >= 15 is 0 Å². The van der Waals surface area contributed by atoms with Crippen molar-refractivity contribution in [1.29, 1.82) is 0 Å². The number of nitrogens with one attached hydrogen (secondary N) is 1. The van der Waals surface area contributed by atoms with E-state index in [1.54, 1.807) is 0 Å². The van der Waals surface area contributed by atoms with Crippen molar-refractivity contribution in [3.8, 4) is 0 Å². The van der Waals surface area contributed by atoms with Crippen LogP contribution in [0.4, 0.5) is 0 Å². The van der Waals surface area contributed by atoms with E-state index in [2.05, 4.69) is 19.2 Å². The Hall–Kier alpha value is -0.570. The van der Waals surface area contributed by atoms with Gasteiger partial charge in [0.05, 0.1) is 13.0 Å². The summed E-state index contributed by atoms with van der Waals surface area (Å²) >= 11 is 0. The summed E-state index contributed by atoms with van der Waals surface area (Å²) in [5.74, 6) is -0.100. The highest BCUT2D eigenvalue weighted by Gasteiger charge is 2.07. The molecule has 0 aromatic heterocycles. The molecule has 0 atom stereocenters. The molecule has 0 fully saturated rings. The molecule has 3 heteroatoms. The number of rotatable bonds is 9. The van der Waals surface area contributed by atoms with E-state index in [-0.39, 0.29) is 5.97 Å². The number of carbonyl (C=O) groups is 1. The summed E-state index contributed by atoms with van der Waals surface area (Å²) in [7, 11) is 0. The monoisotopic (exact) mass is 215 g/mol. The molecule has 0 aliphatic carbocycles. The fraction of sp³-hybridized carbons (Fsp3) is 0.917. The molecule has 0 radical (unpaired) electrons. The van der Waals surface area contributed by atoms with Crippen molar-refractivity contribution in [1.82, 2.24) is 5.32 Å². The summed E-state index contributed by atoms with van der Waals surface area (Å²) in [4.78, 5) is 11.1. The molecule has 0 aromatic carbocycles. The van der Waals surface area contributed by atoms with Crippen LogP contribution in [-0.2, 0) is 9.53 Å². The van der Waals surface area contributed by atoms with Gasteiger partial charge in [0.25, 0.3) is 0 Å². The molecule has 0 spiro atoms. The molecular weight excluding hydrogens is 190 g/mol. The summed E-state index contributed by atoms with van der Waals surface area (Å²) in [6, 6.07) is 0.564. The maximum atomic E-state index is 11.1. The number of hydrogen-bond donors (Lipinski definition) is 1. The van der Waals surface area contributed by atoms with Crippen LogP contribution in [0.3, 0.4) is 0 Å². The Kier molecular flexibility index (Phi) is 9.59. The summed E-state index contributed by atoms with van der Waals surface area (Å²) in [5, 5.41) is 3.41.